The number of rotatable bonds is 7. The molecule has 0 aliphatic heterocycles. The second-order valence-corrected chi connectivity index (χ2v) is 4.67. The number of benzene rings is 1. The van der Waals surface area contributed by atoms with Gasteiger partial charge in [0.15, 0.2) is 5.78 Å². The van der Waals surface area contributed by atoms with Crippen LogP contribution in [0.5, 0.6) is 5.75 Å². The molecule has 0 saturated heterocycles. The molecule has 20 heavy (non-hydrogen) atoms. The average molecular weight is 328 g/mol. The van der Waals surface area contributed by atoms with Crippen molar-refractivity contribution in [1.82, 2.24) is 0 Å². The molecule has 0 bridgehead atoms. The summed E-state index contributed by atoms with van der Waals surface area (Å²) < 4.78 is 20.0. The summed E-state index contributed by atoms with van der Waals surface area (Å²) in [6.07, 6.45) is 0. The van der Waals surface area contributed by atoms with Gasteiger partial charge in [0, 0.05) is 0 Å². The fraction of sp³-hybridized carbons (Fsp3) is 0.200. The van der Waals surface area contributed by atoms with Crippen LogP contribution in [-0.2, 0) is 13.9 Å². The first-order valence-electron chi connectivity index (χ1n) is 4.95. The van der Waals surface area contributed by atoms with Crippen molar-refractivity contribution in [3.8, 4) is 5.75 Å². The van der Waals surface area contributed by atoms with E-state index in [9.17, 15) is 19.0 Å². The summed E-state index contributed by atoms with van der Waals surface area (Å²) in [6, 6.07) is 4.56. The molecule has 1 rings (SSSR count). The molecule has 0 spiro atoms. The molecule has 8 nitrogen and oxygen atoms in total. The standard InChI is InChI=1S/C10H11O8P.K/c11-5-8(12)6-17-19(15,16)18-9-3-1-7(2-4-9)10(13)14;/h1-4,11H,5-6H2,(H,13,14)(H,15,16);/q;+1/p-1. The molecule has 1 aromatic rings. The Hall–Kier alpha value is -0.0936. The van der Waals surface area contributed by atoms with Gasteiger partial charge in [0.2, 0.25) is 0 Å². The van der Waals surface area contributed by atoms with Crippen LogP contribution in [0.25, 0.3) is 0 Å². The van der Waals surface area contributed by atoms with Gasteiger partial charge in [-0.1, -0.05) is 0 Å². The molecule has 2 N–H and O–H groups in total. The SMILES string of the molecule is O=C(CO)COP(=O)([O-])Oc1ccc(C(=O)O)cc1.[K+]. The third-order valence-corrected chi connectivity index (χ3v) is 2.76. The van der Waals surface area contributed by atoms with E-state index in [4.69, 9.17) is 10.2 Å². The van der Waals surface area contributed by atoms with E-state index in [1.54, 1.807) is 0 Å². The zero-order valence-corrected chi connectivity index (χ0v) is 14.5. The van der Waals surface area contributed by atoms with Gasteiger partial charge in [-0.05, 0) is 24.3 Å². The molecule has 0 radical (unpaired) electrons. The fourth-order valence-corrected chi connectivity index (χ4v) is 1.75. The number of hydrogen-bond donors (Lipinski definition) is 2. The molecule has 10 heteroatoms. The number of ketones is 1. The normalized spacial score (nSPS) is 12.9. The quantitative estimate of drug-likeness (QED) is 0.395. The van der Waals surface area contributed by atoms with Crippen molar-refractivity contribution >= 4 is 19.6 Å². The second kappa shape index (κ2) is 9.03. The van der Waals surface area contributed by atoms with Gasteiger partial charge in [0.05, 0.1) is 5.56 Å². The van der Waals surface area contributed by atoms with E-state index in [0.717, 1.165) is 24.3 Å². The van der Waals surface area contributed by atoms with Crippen molar-refractivity contribution < 1.29 is 89.7 Å². The topological polar surface area (TPSA) is 133 Å². The number of phosphoric acid groups is 1. The van der Waals surface area contributed by atoms with E-state index in [1.165, 1.54) is 0 Å². The number of carbonyl (C=O) groups is 2. The summed E-state index contributed by atoms with van der Waals surface area (Å²) in [5, 5.41) is 17.0. The average Bonchev–Trinajstić information content (AvgIpc) is 2.36. The van der Waals surface area contributed by atoms with E-state index >= 15 is 0 Å². The smallest absolute Gasteiger partial charge is 0.746 e. The molecule has 0 saturated carbocycles. The van der Waals surface area contributed by atoms with Crippen molar-refractivity contribution in [2.24, 2.45) is 0 Å². The largest absolute Gasteiger partial charge is 1.00 e. The summed E-state index contributed by atoms with van der Waals surface area (Å²) in [4.78, 5) is 32.5. The minimum atomic E-state index is -4.75. The summed E-state index contributed by atoms with van der Waals surface area (Å²) in [7, 11) is -4.75. The van der Waals surface area contributed by atoms with Gasteiger partial charge in [-0.2, -0.15) is 0 Å². The third-order valence-electron chi connectivity index (χ3n) is 1.88. The van der Waals surface area contributed by atoms with Gasteiger partial charge in [0.25, 0.3) is 0 Å². The summed E-state index contributed by atoms with van der Waals surface area (Å²) in [5.74, 6) is -2.14. The monoisotopic (exact) mass is 328 g/mol. The fourth-order valence-electron chi connectivity index (χ4n) is 1.01. The Morgan fingerprint density at radius 1 is 1.25 bits per heavy atom. The van der Waals surface area contributed by atoms with Crippen LogP contribution in [0.4, 0.5) is 0 Å². The first-order chi connectivity index (χ1) is 8.84. The Balaban J connectivity index is 0.00000361. The third kappa shape index (κ3) is 7.07. The Kier molecular flexibility index (Phi) is 8.99. The maximum atomic E-state index is 11.3. The first-order valence-corrected chi connectivity index (χ1v) is 6.41. The molecule has 0 heterocycles. The zero-order valence-electron chi connectivity index (χ0n) is 10.5. The predicted octanol–water partition coefficient (Wildman–Crippen LogP) is -3.19. The number of carboxylic acid groups (broad SMARTS) is 1. The van der Waals surface area contributed by atoms with Crippen molar-refractivity contribution in [3.63, 3.8) is 0 Å². The van der Waals surface area contributed by atoms with E-state index in [1.807, 2.05) is 0 Å². The molecular formula is C10H10KO8P. The van der Waals surface area contributed by atoms with E-state index < -0.39 is 32.8 Å². The van der Waals surface area contributed by atoms with Crippen LogP contribution in [0.1, 0.15) is 10.4 Å². The van der Waals surface area contributed by atoms with Gasteiger partial charge >= 0.3 is 65.2 Å². The van der Waals surface area contributed by atoms with Crippen LogP contribution in [0.2, 0.25) is 0 Å². The number of phosphoric ester groups is 1. The number of carboxylic acids is 1. The molecule has 0 aliphatic carbocycles. The number of Topliss-reactive ketones (excluding diaryl/α,β-unsaturated/α-hetero) is 1. The molecule has 104 valence electrons. The number of carbonyl (C=O) groups excluding carboxylic acids is 1. The van der Waals surface area contributed by atoms with Gasteiger partial charge < -0.3 is 24.2 Å². The number of hydrogen-bond acceptors (Lipinski definition) is 7. The van der Waals surface area contributed by atoms with Gasteiger partial charge in [-0.15, -0.1) is 0 Å². The van der Waals surface area contributed by atoms with Crippen LogP contribution in [0.3, 0.4) is 0 Å². The first kappa shape index (κ1) is 19.9. The molecular weight excluding hydrogens is 318 g/mol. The predicted molar refractivity (Wildman–Crippen MR) is 59.7 cm³/mol. The molecule has 0 aliphatic rings. The van der Waals surface area contributed by atoms with E-state index in [-0.39, 0.29) is 62.7 Å². The van der Waals surface area contributed by atoms with Crippen molar-refractivity contribution in [2.45, 2.75) is 0 Å². The zero-order chi connectivity index (χ0) is 14.5. The number of aliphatic hydroxyl groups is 1. The minimum absolute atomic E-state index is 0. The molecule has 1 unspecified atom stereocenters. The van der Waals surface area contributed by atoms with Crippen LogP contribution in [0, 0.1) is 0 Å². The van der Waals surface area contributed by atoms with Gasteiger partial charge in [0.1, 0.15) is 19.0 Å². The van der Waals surface area contributed by atoms with Gasteiger partial charge in [-0.3, -0.25) is 9.36 Å². The minimum Gasteiger partial charge on any atom is -0.746 e. The van der Waals surface area contributed by atoms with Gasteiger partial charge in [-0.25, -0.2) is 4.79 Å². The number of aromatic carboxylic acids is 1. The van der Waals surface area contributed by atoms with Crippen molar-refractivity contribution in [1.29, 1.82) is 0 Å². The van der Waals surface area contributed by atoms with Crippen LogP contribution < -0.4 is 60.8 Å². The van der Waals surface area contributed by atoms with E-state index in [0.29, 0.717) is 0 Å². The Bertz CT molecular complexity index is 514. The Morgan fingerprint density at radius 2 is 1.80 bits per heavy atom. The van der Waals surface area contributed by atoms with Crippen LogP contribution in [0.15, 0.2) is 24.3 Å². The second-order valence-electron chi connectivity index (χ2n) is 3.34. The summed E-state index contributed by atoms with van der Waals surface area (Å²) in [5.41, 5.74) is -0.0375. The van der Waals surface area contributed by atoms with Crippen molar-refractivity contribution in [3.05, 3.63) is 29.8 Å². The molecule has 1 atom stereocenters. The summed E-state index contributed by atoms with van der Waals surface area (Å²) >= 11 is 0. The maximum Gasteiger partial charge on any atom is 1.00 e. The molecule has 0 fully saturated rings. The maximum absolute atomic E-state index is 11.3. The Morgan fingerprint density at radius 3 is 2.25 bits per heavy atom. The molecule has 0 amide bonds. The molecule has 1 aromatic carbocycles. The molecule has 0 aromatic heterocycles. The van der Waals surface area contributed by atoms with Crippen LogP contribution in [-0.4, -0.2) is 35.2 Å². The van der Waals surface area contributed by atoms with Crippen LogP contribution >= 0.6 is 7.82 Å². The summed E-state index contributed by atoms with van der Waals surface area (Å²) in [6.45, 7) is -1.67. The van der Waals surface area contributed by atoms with Crippen molar-refractivity contribution in [2.75, 3.05) is 13.2 Å². The Labute approximate surface area is 156 Å². The van der Waals surface area contributed by atoms with E-state index in [2.05, 4.69) is 9.05 Å². The number of aliphatic hydroxyl groups excluding tert-OH is 1.